The van der Waals surface area contributed by atoms with E-state index in [0.717, 1.165) is 36.3 Å². The molecule has 0 unspecified atom stereocenters. The SMILES string of the molecule is O=C(O)CCCCCOc1ccc2c(c1)NC(=O)CC2. The fraction of sp³-hybridized carbons (Fsp3) is 0.467. The number of hydrogen-bond donors (Lipinski definition) is 2. The van der Waals surface area contributed by atoms with Gasteiger partial charge < -0.3 is 15.2 Å². The summed E-state index contributed by atoms with van der Waals surface area (Å²) in [5.41, 5.74) is 1.98. The third kappa shape index (κ3) is 4.26. The standard InChI is InChI=1S/C15H19NO4/c17-14-8-6-11-5-7-12(10-13(11)16-14)20-9-3-1-2-4-15(18)19/h5,7,10H,1-4,6,8-9H2,(H,16,17)(H,18,19). The number of unbranched alkanes of at least 4 members (excludes halogenated alkanes) is 2. The van der Waals surface area contributed by atoms with Gasteiger partial charge in [-0.15, -0.1) is 0 Å². The quantitative estimate of drug-likeness (QED) is 0.751. The molecular weight excluding hydrogens is 258 g/mol. The lowest BCUT2D eigenvalue weighted by molar-refractivity contribution is -0.137. The Labute approximate surface area is 117 Å². The van der Waals surface area contributed by atoms with Gasteiger partial charge in [-0.25, -0.2) is 0 Å². The van der Waals surface area contributed by atoms with Crippen molar-refractivity contribution in [3.8, 4) is 5.75 Å². The monoisotopic (exact) mass is 277 g/mol. The average Bonchev–Trinajstić information content (AvgIpc) is 2.42. The van der Waals surface area contributed by atoms with E-state index in [1.54, 1.807) is 0 Å². The Balaban J connectivity index is 1.75. The Kier molecular flexibility index (Phi) is 4.98. The van der Waals surface area contributed by atoms with Gasteiger partial charge >= 0.3 is 5.97 Å². The van der Waals surface area contributed by atoms with Crippen LogP contribution in [0.1, 0.15) is 37.7 Å². The number of ether oxygens (including phenoxy) is 1. The molecule has 0 radical (unpaired) electrons. The summed E-state index contributed by atoms with van der Waals surface area (Å²) in [5, 5.41) is 11.4. The van der Waals surface area contributed by atoms with Crippen molar-refractivity contribution in [2.45, 2.75) is 38.5 Å². The molecule has 0 saturated carbocycles. The van der Waals surface area contributed by atoms with Crippen molar-refractivity contribution in [3.05, 3.63) is 23.8 Å². The lowest BCUT2D eigenvalue weighted by Crippen LogP contribution is -2.18. The van der Waals surface area contributed by atoms with E-state index in [2.05, 4.69) is 5.32 Å². The van der Waals surface area contributed by atoms with Crippen LogP contribution in [0.25, 0.3) is 0 Å². The molecule has 5 heteroatoms. The molecular formula is C15H19NO4. The highest BCUT2D eigenvalue weighted by Crippen LogP contribution is 2.27. The maximum atomic E-state index is 11.3. The minimum atomic E-state index is -0.753. The Bertz CT molecular complexity index is 499. The van der Waals surface area contributed by atoms with Crippen LogP contribution >= 0.6 is 0 Å². The summed E-state index contributed by atoms with van der Waals surface area (Å²) in [6.07, 6.45) is 3.88. The second kappa shape index (κ2) is 6.93. The van der Waals surface area contributed by atoms with Gasteiger partial charge in [-0.1, -0.05) is 6.07 Å². The average molecular weight is 277 g/mol. The number of amides is 1. The molecule has 108 valence electrons. The zero-order valence-electron chi connectivity index (χ0n) is 11.4. The van der Waals surface area contributed by atoms with Crippen LogP contribution in [-0.4, -0.2) is 23.6 Å². The third-order valence-electron chi connectivity index (χ3n) is 3.28. The predicted molar refractivity (Wildman–Crippen MR) is 75.0 cm³/mol. The first-order valence-corrected chi connectivity index (χ1v) is 6.92. The molecule has 0 bridgehead atoms. The van der Waals surface area contributed by atoms with E-state index in [1.807, 2.05) is 18.2 Å². The van der Waals surface area contributed by atoms with Crippen LogP contribution in [-0.2, 0) is 16.0 Å². The van der Waals surface area contributed by atoms with Gasteiger partial charge in [-0.3, -0.25) is 9.59 Å². The number of anilines is 1. The van der Waals surface area contributed by atoms with Crippen molar-refractivity contribution in [1.82, 2.24) is 0 Å². The molecule has 0 spiro atoms. The number of aryl methyl sites for hydroxylation is 1. The van der Waals surface area contributed by atoms with Gasteiger partial charge in [-0.2, -0.15) is 0 Å². The van der Waals surface area contributed by atoms with E-state index in [0.29, 0.717) is 19.4 Å². The molecule has 1 aliphatic heterocycles. The molecule has 1 aromatic carbocycles. The van der Waals surface area contributed by atoms with Crippen molar-refractivity contribution >= 4 is 17.6 Å². The summed E-state index contributed by atoms with van der Waals surface area (Å²) in [6.45, 7) is 0.562. The van der Waals surface area contributed by atoms with Gasteiger partial charge in [0.25, 0.3) is 0 Å². The molecule has 0 saturated heterocycles. The van der Waals surface area contributed by atoms with Crippen LogP contribution in [0.3, 0.4) is 0 Å². The molecule has 0 fully saturated rings. The summed E-state index contributed by atoms with van der Waals surface area (Å²) in [7, 11) is 0. The molecule has 1 aromatic rings. The smallest absolute Gasteiger partial charge is 0.303 e. The topological polar surface area (TPSA) is 75.6 Å². The van der Waals surface area contributed by atoms with Crippen LogP contribution in [0.5, 0.6) is 5.75 Å². The fourth-order valence-corrected chi connectivity index (χ4v) is 2.19. The zero-order valence-corrected chi connectivity index (χ0v) is 11.4. The first kappa shape index (κ1) is 14.4. The number of carbonyl (C=O) groups excluding carboxylic acids is 1. The molecule has 20 heavy (non-hydrogen) atoms. The Morgan fingerprint density at radius 1 is 1.25 bits per heavy atom. The summed E-state index contributed by atoms with van der Waals surface area (Å²) >= 11 is 0. The van der Waals surface area contributed by atoms with E-state index in [9.17, 15) is 9.59 Å². The number of benzene rings is 1. The minimum Gasteiger partial charge on any atom is -0.494 e. The third-order valence-corrected chi connectivity index (χ3v) is 3.28. The van der Waals surface area contributed by atoms with Gasteiger partial charge in [0.2, 0.25) is 5.91 Å². The molecule has 2 rings (SSSR count). The number of hydrogen-bond acceptors (Lipinski definition) is 3. The number of carbonyl (C=O) groups is 2. The first-order valence-electron chi connectivity index (χ1n) is 6.92. The Hall–Kier alpha value is -2.04. The summed E-state index contributed by atoms with van der Waals surface area (Å²) < 4.78 is 5.62. The van der Waals surface area contributed by atoms with Crippen molar-refractivity contribution < 1.29 is 19.4 Å². The molecule has 0 aliphatic carbocycles. The van der Waals surface area contributed by atoms with Gasteiger partial charge in [0.15, 0.2) is 0 Å². The predicted octanol–water partition coefficient (Wildman–Crippen LogP) is 2.60. The highest BCUT2D eigenvalue weighted by Gasteiger charge is 2.14. The second-order valence-electron chi connectivity index (χ2n) is 4.92. The van der Waals surface area contributed by atoms with Gasteiger partial charge in [0, 0.05) is 24.6 Å². The van der Waals surface area contributed by atoms with Crippen molar-refractivity contribution in [1.29, 1.82) is 0 Å². The van der Waals surface area contributed by atoms with Crippen molar-refractivity contribution in [2.75, 3.05) is 11.9 Å². The first-order chi connectivity index (χ1) is 9.65. The number of nitrogens with one attached hydrogen (secondary N) is 1. The molecule has 1 amide bonds. The van der Waals surface area contributed by atoms with E-state index in [-0.39, 0.29) is 12.3 Å². The van der Waals surface area contributed by atoms with E-state index in [1.165, 1.54) is 0 Å². The highest BCUT2D eigenvalue weighted by atomic mass is 16.5. The van der Waals surface area contributed by atoms with Gasteiger partial charge in [0.05, 0.1) is 6.61 Å². The maximum absolute atomic E-state index is 11.3. The molecule has 0 aromatic heterocycles. The number of rotatable bonds is 7. The fourth-order valence-electron chi connectivity index (χ4n) is 2.19. The van der Waals surface area contributed by atoms with Gasteiger partial charge in [0.1, 0.15) is 5.75 Å². The van der Waals surface area contributed by atoms with E-state index < -0.39 is 5.97 Å². The Morgan fingerprint density at radius 2 is 2.10 bits per heavy atom. The lowest BCUT2D eigenvalue weighted by atomic mass is 10.0. The van der Waals surface area contributed by atoms with Crippen LogP contribution in [0.4, 0.5) is 5.69 Å². The van der Waals surface area contributed by atoms with E-state index >= 15 is 0 Å². The van der Waals surface area contributed by atoms with Crippen LogP contribution in [0, 0.1) is 0 Å². The van der Waals surface area contributed by atoms with E-state index in [4.69, 9.17) is 9.84 Å². The molecule has 0 atom stereocenters. The summed E-state index contributed by atoms with van der Waals surface area (Å²) in [4.78, 5) is 21.7. The largest absolute Gasteiger partial charge is 0.494 e. The number of fused-ring (bicyclic) bond motifs is 1. The zero-order chi connectivity index (χ0) is 14.4. The lowest BCUT2D eigenvalue weighted by Gasteiger charge is -2.17. The summed E-state index contributed by atoms with van der Waals surface area (Å²) in [6, 6.07) is 5.74. The molecule has 1 aliphatic rings. The number of carboxylic acids is 1. The molecule has 5 nitrogen and oxygen atoms in total. The number of carboxylic acid groups (broad SMARTS) is 1. The second-order valence-corrected chi connectivity index (χ2v) is 4.92. The number of aliphatic carboxylic acids is 1. The molecule has 2 N–H and O–H groups in total. The molecule has 1 heterocycles. The normalized spacial score (nSPS) is 13.5. The van der Waals surface area contributed by atoms with Crippen molar-refractivity contribution in [3.63, 3.8) is 0 Å². The van der Waals surface area contributed by atoms with Gasteiger partial charge in [-0.05, 0) is 37.3 Å². The minimum absolute atomic E-state index is 0.0447. The summed E-state index contributed by atoms with van der Waals surface area (Å²) in [5.74, 6) is 0.0313. The Morgan fingerprint density at radius 3 is 2.90 bits per heavy atom. The van der Waals surface area contributed by atoms with Crippen LogP contribution in [0.15, 0.2) is 18.2 Å². The van der Waals surface area contributed by atoms with Crippen molar-refractivity contribution in [2.24, 2.45) is 0 Å². The maximum Gasteiger partial charge on any atom is 0.303 e. The van der Waals surface area contributed by atoms with Crippen LogP contribution < -0.4 is 10.1 Å². The highest BCUT2D eigenvalue weighted by molar-refractivity contribution is 5.94. The van der Waals surface area contributed by atoms with Crippen LogP contribution in [0.2, 0.25) is 0 Å².